The minimum absolute atomic E-state index is 0.0891. The maximum absolute atomic E-state index is 11.0. The number of primary amides is 1. The van der Waals surface area contributed by atoms with Crippen molar-refractivity contribution in [2.45, 2.75) is 19.8 Å². The second-order valence-electron chi connectivity index (χ2n) is 3.09. The summed E-state index contributed by atoms with van der Waals surface area (Å²) in [5, 5.41) is 0. The third-order valence-corrected chi connectivity index (χ3v) is 1.94. The molecule has 0 aromatic rings. The summed E-state index contributed by atoms with van der Waals surface area (Å²) in [4.78, 5) is 21.5. The molecule has 0 saturated carbocycles. The largest absolute Gasteiger partial charge is 0.465 e. The molecule has 0 spiro atoms. The fourth-order valence-corrected chi connectivity index (χ4v) is 1.19. The number of cyclic esters (lactones) is 1. The van der Waals surface area contributed by atoms with Gasteiger partial charge in [-0.25, -0.2) is 0 Å². The van der Waals surface area contributed by atoms with E-state index in [1.165, 1.54) is 0 Å². The van der Waals surface area contributed by atoms with Crippen molar-refractivity contribution in [3.8, 4) is 0 Å². The molecule has 2 N–H and O–H groups in total. The van der Waals surface area contributed by atoms with Gasteiger partial charge in [-0.15, -0.1) is 0 Å². The van der Waals surface area contributed by atoms with Crippen LogP contribution >= 0.6 is 0 Å². The smallest absolute Gasteiger partial charge is 0.312 e. The fraction of sp³-hybridized carbons (Fsp3) is 0.714. The first-order valence-corrected chi connectivity index (χ1v) is 3.50. The molecule has 1 heterocycles. The third kappa shape index (κ3) is 1.50. The van der Waals surface area contributed by atoms with Gasteiger partial charge in [0.2, 0.25) is 5.91 Å². The Morgan fingerprint density at radius 2 is 2.45 bits per heavy atom. The quantitative estimate of drug-likeness (QED) is 0.565. The summed E-state index contributed by atoms with van der Waals surface area (Å²) < 4.78 is 4.72. The van der Waals surface area contributed by atoms with E-state index in [0.717, 1.165) is 0 Å². The molecule has 1 rings (SSSR count). The van der Waals surface area contributed by atoms with Gasteiger partial charge in [0.05, 0.1) is 12.0 Å². The SMILES string of the molecule is C[C@]1(CC(N)=O)CCOC1=O. The molecule has 4 heteroatoms. The molecule has 4 nitrogen and oxygen atoms in total. The molecule has 62 valence electrons. The van der Waals surface area contributed by atoms with Crippen LogP contribution < -0.4 is 5.73 Å². The van der Waals surface area contributed by atoms with Crippen molar-refractivity contribution in [3.63, 3.8) is 0 Å². The van der Waals surface area contributed by atoms with Crippen molar-refractivity contribution in [1.82, 2.24) is 0 Å². The number of carbonyl (C=O) groups excluding carboxylic acids is 2. The molecule has 1 fully saturated rings. The molecule has 1 aliphatic heterocycles. The molecule has 0 aromatic carbocycles. The molecule has 0 bridgehead atoms. The van der Waals surface area contributed by atoms with Gasteiger partial charge < -0.3 is 10.5 Å². The summed E-state index contributed by atoms with van der Waals surface area (Å²) in [6.45, 7) is 2.11. The number of hydrogen-bond donors (Lipinski definition) is 1. The Kier molecular flexibility index (Phi) is 1.85. The van der Waals surface area contributed by atoms with E-state index in [2.05, 4.69) is 0 Å². The molecule has 0 aromatic heterocycles. The number of rotatable bonds is 2. The van der Waals surface area contributed by atoms with Gasteiger partial charge in [0.25, 0.3) is 0 Å². The second kappa shape index (κ2) is 2.53. The van der Waals surface area contributed by atoms with Gasteiger partial charge in [-0.1, -0.05) is 0 Å². The summed E-state index contributed by atoms with van der Waals surface area (Å²) in [7, 11) is 0. The van der Waals surface area contributed by atoms with E-state index in [0.29, 0.717) is 13.0 Å². The number of carbonyl (C=O) groups is 2. The molecule has 11 heavy (non-hydrogen) atoms. The molecule has 1 saturated heterocycles. The molecular weight excluding hydrogens is 146 g/mol. The average Bonchev–Trinajstić information content (AvgIpc) is 2.11. The lowest BCUT2D eigenvalue weighted by Crippen LogP contribution is -2.29. The number of nitrogens with two attached hydrogens (primary N) is 1. The first-order chi connectivity index (χ1) is 5.04. The van der Waals surface area contributed by atoms with Gasteiger partial charge in [-0.3, -0.25) is 9.59 Å². The van der Waals surface area contributed by atoms with Gasteiger partial charge >= 0.3 is 5.97 Å². The van der Waals surface area contributed by atoms with Crippen LogP contribution in [0.2, 0.25) is 0 Å². The highest BCUT2D eigenvalue weighted by molar-refractivity contribution is 5.85. The molecule has 1 amide bonds. The molecule has 1 atom stereocenters. The zero-order valence-electron chi connectivity index (χ0n) is 6.42. The molecule has 1 aliphatic rings. The lowest BCUT2D eigenvalue weighted by atomic mass is 9.85. The lowest BCUT2D eigenvalue weighted by Gasteiger charge is -2.15. The van der Waals surface area contributed by atoms with Gasteiger partial charge in [0.1, 0.15) is 0 Å². The van der Waals surface area contributed by atoms with Crippen molar-refractivity contribution in [1.29, 1.82) is 0 Å². The van der Waals surface area contributed by atoms with Crippen LogP contribution in [0.1, 0.15) is 19.8 Å². The summed E-state index contributed by atoms with van der Waals surface area (Å²) in [6, 6.07) is 0. The molecular formula is C7H11NO3. The Hall–Kier alpha value is -1.06. The van der Waals surface area contributed by atoms with Crippen molar-refractivity contribution in [2.75, 3.05) is 6.61 Å². The van der Waals surface area contributed by atoms with Crippen molar-refractivity contribution < 1.29 is 14.3 Å². The van der Waals surface area contributed by atoms with Crippen LogP contribution in [0.3, 0.4) is 0 Å². The maximum Gasteiger partial charge on any atom is 0.312 e. The van der Waals surface area contributed by atoms with E-state index in [-0.39, 0.29) is 12.4 Å². The first-order valence-electron chi connectivity index (χ1n) is 3.50. The topological polar surface area (TPSA) is 69.4 Å². The minimum atomic E-state index is -0.661. The fourth-order valence-electron chi connectivity index (χ4n) is 1.19. The molecule has 0 unspecified atom stereocenters. The van der Waals surface area contributed by atoms with Crippen LogP contribution in [-0.4, -0.2) is 18.5 Å². The van der Waals surface area contributed by atoms with Crippen molar-refractivity contribution in [3.05, 3.63) is 0 Å². The molecule has 0 aliphatic carbocycles. The van der Waals surface area contributed by atoms with Gasteiger partial charge in [-0.05, 0) is 13.3 Å². The summed E-state index contributed by atoms with van der Waals surface area (Å²) in [6.07, 6.45) is 0.681. The number of hydrogen-bond acceptors (Lipinski definition) is 3. The van der Waals surface area contributed by atoms with Crippen LogP contribution in [0.25, 0.3) is 0 Å². The van der Waals surface area contributed by atoms with E-state index in [1.807, 2.05) is 0 Å². The average molecular weight is 157 g/mol. The monoisotopic (exact) mass is 157 g/mol. The normalized spacial score (nSPS) is 30.1. The highest BCUT2D eigenvalue weighted by atomic mass is 16.5. The standard InChI is InChI=1S/C7H11NO3/c1-7(4-5(8)9)2-3-11-6(7)10/h2-4H2,1H3,(H2,8,9)/t7-/m1/s1. The van der Waals surface area contributed by atoms with Gasteiger partial charge in [-0.2, -0.15) is 0 Å². The van der Waals surface area contributed by atoms with E-state index < -0.39 is 11.3 Å². The van der Waals surface area contributed by atoms with Crippen LogP contribution in [0, 0.1) is 5.41 Å². The van der Waals surface area contributed by atoms with Crippen LogP contribution in [0.4, 0.5) is 0 Å². The van der Waals surface area contributed by atoms with E-state index in [4.69, 9.17) is 10.5 Å². The predicted molar refractivity (Wildman–Crippen MR) is 37.5 cm³/mol. The van der Waals surface area contributed by atoms with Crippen LogP contribution in [0.5, 0.6) is 0 Å². The minimum Gasteiger partial charge on any atom is -0.465 e. The highest BCUT2D eigenvalue weighted by Gasteiger charge is 2.41. The maximum atomic E-state index is 11.0. The van der Waals surface area contributed by atoms with Gasteiger partial charge in [0.15, 0.2) is 0 Å². The Morgan fingerprint density at radius 3 is 2.82 bits per heavy atom. The van der Waals surface area contributed by atoms with E-state index in [1.54, 1.807) is 6.92 Å². The third-order valence-electron chi connectivity index (χ3n) is 1.94. The summed E-state index contributed by atoms with van der Waals surface area (Å²) >= 11 is 0. The predicted octanol–water partition coefficient (Wildman–Crippen LogP) is -0.185. The molecule has 0 radical (unpaired) electrons. The van der Waals surface area contributed by atoms with Gasteiger partial charge in [0, 0.05) is 6.42 Å². The Balaban J connectivity index is 2.65. The van der Waals surface area contributed by atoms with Crippen LogP contribution in [0.15, 0.2) is 0 Å². The Morgan fingerprint density at radius 1 is 1.82 bits per heavy atom. The van der Waals surface area contributed by atoms with E-state index >= 15 is 0 Å². The zero-order valence-corrected chi connectivity index (χ0v) is 6.42. The number of amides is 1. The van der Waals surface area contributed by atoms with Crippen LogP contribution in [-0.2, 0) is 14.3 Å². The zero-order chi connectivity index (χ0) is 8.48. The second-order valence-corrected chi connectivity index (χ2v) is 3.09. The Labute approximate surface area is 64.7 Å². The summed E-state index contributed by atoms with van der Waals surface area (Å²) in [5.74, 6) is -0.761. The highest BCUT2D eigenvalue weighted by Crippen LogP contribution is 2.32. The lowest BCUT2D eigenvalue weighted by molar-refractivity contribution is -0.147. The van der Waals surface area contributed by atoms with Crippen molar-refractivity contribution >= 4 is 11.9 Å². The Bertz CT molecular complexity index is 202. The number of ether oxygens (including phenoxy) is 1. The summed E-state index contributed by atoms with van der Waals surface area (Å²) in [5.41, 5.74) is 4.31. The van der Waals surface area contributed by atoms with Crippen molar-refractivity contribution in [2.24, 2.45) is 11.1 Å². The van der Waals surface area contributed by atoms with E-state index in [9.17, 15) is 9.59 Å². The number of esters is 1. The first kappa shape index (κ1) is 8.04.